The summed E-state index contributed by atoms with van der Waals surface area (Å²) in [5, 5.41) is 14.0. The Kier molecular flexibility index (Phi) is 7.95. The molecular weight excluding hydrogens is 352 g/mol. The van der Waals surface area contributed by atoms with E-state index in [1.54, 1.807) is 19.3 Å². The monoisotopic (exact) mass is 376 g/mol. The van der Waals surface area contributed by atoms with Crippen LogP contribution >= 0.6 is 11.6 Å². The molecule has 1 aromatic heterocycles. The van der Waals surface area contributed by atoms with Crippen molar-refractivity contribution in [3.8, 4) is 0 Å². The predicted octanol–water partition coefficient (Wildman–Crippen LogP) is 2.43. The standard InChI is InChI=1S/C18H25ClN6O/c1-14-15(19)6-3-7-16(14)24-17(26)8-11-22-18(20-2)21-9-4-12-25-13-5-10-23-25/h3,5-7,10,13H,4,8-9,11-12H2,1-2H3,(H,24,26)(H2,20,21,22). The van der Waals surface area contributed by atoms with E-state index in [1.807, 2.05) is 36.0 Å². The highest BCUT2D eigenvalue weighted by Crippen LogP contribution is 2.22. The average molecular weight is 377 g/mol. The molecule has 8 heteroatoms. The molecule has 0 saturated carbocycles. The second-order valence-corrected chi connectivity index (χ2v) is 6.17. The SMILES string of the molecule is CN=C(NCCCn1cccn1)NCCC(=O)Nc1cccc(Cl)c1C. The largest absolute Gasteiger partial charge is 0.356 e. The molecule has 0 unspecified atom stereocenters. The highest BCUT2D eigenvalue weighted by Gasteiger charge is 2.07. The summed E-state index contributed by atoms with van der Waals surface area (Å²) in [6.07, 6.45) is 4.97. The van der Waals surface area contributed by atoms with E-state index in [9.17, 15) is 4.79 Å². The first kappa shape index (κ1) is 19.8. The van der Waals surface area contributed by atoms with Gasteiger partial charge in [-0.2, -0.15) is 5.10 Å². The summed E-state index contributed by atoms with van der Waals surface area (Å²) < 4.78 is 1.89. The molecule has 0 bridgehead atoms. The molecule has 26 heavy (non-hydrogen) atoms. The van der Waals surface area contributed by atoms with Crippen LogP contribution in [-0.2, 0) is 11.3 Å². The third-order valence-corrected chi connectivity index (χ3v) is 4.23. The molecule has 0 radical (unpaired) electrons. The molecule has 2 rings (SSSR count). The van der Waals surface area contributed by atoms with Gasteiger partial charge in [0.2, 0.25) is 5.91 Å². The molecule has 1 heterocycles. The molecule has 1 aromatic carbocycles. The number of amides is 1. The Labute approximate surface area is 158 Å². The lowest BCUT2D eigenvalue weighted by atomic mass is 10.2. The van der Waals surface area contributed by atoms with Gasteiger partial charge >= 0.3 is 0 Å². The van der Waals surface area contributed by atoms with E-state index < -0.39 is 0 Å². The van der Waals surface area contributed by atoms with Gasteiger partial charge in [-0.05, 0) is 37.1 Å². The molecule has 7 nitrogen and oxygen atoms in total. The normalized spacial score (nSPS) is 11.3. The fourth-order valence-electron chi connectivity index (χ4n) is 2.35. The molecule has 140 valence electrons. The Bertz CT molecular complexity index is 729. The summed E-state index contributed by atoms with van der Waals surface area (Å²) in [6.45, 7) is 3.99. The first-order valence-corrected chi connectivity index (χ1v) is 8.95. The number of carbonyl (C=O) groups is 1. The number of benzene rings is 1. The third-order valence-electron chi connectivity index (χ3n) is 3.83. The Hall–Kier alpha value is -2.54. The number of carbonyl (C=O) groups excluding carboxylic acids is 1. The van der Waals surface area contributed by atoms with Crippen molar-refractivity contribution in [1.82, 2.24) is 20.4 Å². The van der Waals surface area contributed by atoms with E-state index in [0.717, 1.165) is 30.8 Å². The van der Waals surface area contributed by atoms with Crippen LogP contribution in [0, 0.1) is 6.92 Å². The van der Waals surface area contributed by atoms with E-state index in [0.29, 0.717) is 23.9 Å². The van der Waals surface area contributed by atoms with Gasteiger partial charge in [0.05, 0.1) is 0 Å². The lowest BCUT2D eigenvalue weighted by Crippen LogP contribution is -2.39. The molecule has 0 saturated heterocycles. The number of rotatable bonds is 8. The minimum atomic E-state index is -0.0722. The highest BCUT2D eigenvalue weighted by atomic mass is 35.5. The summed E-state index contributed by atoms with van der Waals surface area (Å²) in [5.74, 6) is 0.606. The summed E-state index contributed by atoms with van der Waals surface area (Å²) >= 11 is 6.06. The maximum Gasteiger partial charge on any atom is 0.226 e. The van der Waals surface area contributed by atoms with Crippen LogP contribution in [0.5, 0.6) is 0 Å². The van der Waals surface area contributed by atoms with Crippen molar-refractivity contribution in [2.45, 2.75) is 26.3 Å². The summed E-state index contributed by atoms with van der Waals surface area (Å²) in [4.78, 5) is 16.2. The van der Waals surface area contributed by atoms with Crippen LogP contribution in [-0.4, -0.2) is 41.8 Å². The Balaban J connectivity index is 1.65. The van der Waals surface area contributed by atoms with E-state index in [4.69, 9.17) is 11.6 Å². The summed E-state index contributed by atoms with van der Waals surface area (Å²) in [7, 11) is 1.71. The Morgan fingerprint density at radius 1 is 1.27 bits per heavy atom. The number of hydrogen-bond acceptors (Lipinski definition) is 3. The van der Waals surface area contributed by atoms with Crippen molar-refractivity contribution in [3.63, 3.8) is 0 Å². The summed E-state index contributed by atoms with van der Waals surface area (Å²) in [5.41, 5.74) is 1.61. The van der Waals surface area contributed by atoms with E-state index in [-0.39, 0.29) is 5.91 Å². The number of guanidine groups is 1. The summed E-state index contributed by atoms with van der Waals surface area (Å²) in [6, 6.07) is 7.37. The molecule has 2 aromatic rings. The van der Waals surface area contributed by atoms with Gasteiger partial charge in [0, 0.05) is 56.2 Å². The number of aromatic nitrogens is 2. The van der Waals surface area contributed by atoms with E-state index >= 15 is 0 Å². The Morgan fingerprint density at radius 2 is 2.08 bits per heavy atom. The van der Waals surface area contributed by atoms with Crippen LogP contribution in [0.1, 0.15) is 18.4 Å². The number of halogens is 1. The predicted molar refractivity (Wildman–Crippen MR) is 106 cm³/mol. The molecule has 3 N–H and O–H groups in total. The average Bonchev–Trinajstić information content (AvgIpc) is 3.14. The number of anilines is 1. The van der Waals surface area contributed by atoms with Gasteiger partial charge in [0.1, 0.15) is 0 Å². The van der Waals surface area contributed by atoms with Gasteiger partial charge in [0.25, 0.3) is 0 Å². The first-order chi connectivity index (χ1) is 12.6. The molecular formula is C18H25ClN6O. The van der Waals surface area contributed by atoms with Gasteiger partial charge in [-0.3, -0.25) is 14.5 Å². The van der Waals surface area contributed by atoms with Crippen LogP contribution in [0.4, 0.5) is 5.69 Å². The van der Waals surface area contributed by atoms with Gasteiger partial charge in [-0.15, -0.1) is 0 Å². The number of hydrogen-bond donors (Lipinski definition) is 3. The quantitative estimate of drug-likeness (QED) is 0.375. The lowest BCUT2D eigenvalue weighted by Gasteiger charge is -2.13. The minimum Gasteiger partial charge on any atom is -0.356 e. The van der Waals surface area contributed by atoms with Gasteiger partial charge in [0.15, 0.2) is 5.96 Å². The van der Waals surface area contributed by atoms with Gasteiger partial charge in [-0.1, -0.05) is 17.7 Å². The number of nitrogens with one attached hydrogen (secondary N) is 3. The molecule has 1 amide bonds. The van der Waals surface area contributed by atoms with Crippen LogP contribution in [0.25, 0.3) is 0 Å². The second kappa shape index (κ2) is 10.5. The van der Waals surface area contributed by atoms with Gasteiger partial charge < -0.3 is 16.0 Å². The fourth-order valence-corrected chi connectivity index (χ4v) is 2.53. The zero-order chi connectivity index (χ0) is 18.8. The zero-order valence-corrected chi connectivity index (χ0v) is 15.9. The Morgan fingerprint density at radius 3 is 2.81 bits per heavy atom. The number of nitrogens with zero attached hydrogens (tertiary/aromatic N) is 3. The van der Waals surface area contributed by atoms with Crippen LogP contribution in [0.2, 0.25) is 5.02 Å². The lowest BCUT2D eigenvalue weighted by molar-refractivity contribution is -0.116. The van der Waals surface area contributed by atoms with Crippen LogP contribution in [0.15, 0.2) is 41.7 Å². The van der Waals surface area contributed by atoms with E-state index in [1.165, 1.54) is 0 Å². The molecule has 0 fully saturated rings. The minimum absolute atomic E-state index is 0.0722. The van der Waals surface area contributed by atoms with Crippen LogP contribution < -0.4 is 16.0 Å². The van der Waals surface area contributed by atoms with Crippen molar-refractivity contribution in [2.24, 2.45) is 4.99 Å². The fraction of sp³-hybridized carbons (Fsp3) is 0.389. The molecule has 0 aliphatic heterocycles. The third kappa shape index (κ3) is 6.40. The van der Waals surface area contributed by atoms with Crippen molar-refractivity contribution in [2.75, 3.05) is 25.5 Å². The van der Waals surface area contributed by atoms with Crippen molar-refractivity contribution in [3.05, 3.63) is 47.2 Å². The first-order valence-electron chi connectivity index (χ1n) is 8.57. The second-order valence-electron chi connectivity index (χ2n) is 5.76. The smallest absolute Gasteiger partial charge is 0.226 e. The number of aryl methyl sites for hydroxylation is 1. The zero-order valence-electron chi connectivity index (χ0n) is 15.1. The van der Waals surface area contributed by atoms with Crippen molar-refractivity contribution >= 4 is 29.2 Å². The maximum atomic E-state index is 12.1. The maximum absolute atomic E-state index is 12.1. The van der Waals surface area contributed by atoms with E-state index in [2.05, 4.69) is 26.0 Å². The molecule has 0 aliphatic carbocycles. The van der Waals surface area contributed by atoms with Crippen LogP contribution in [0.3, 0.4) is 0 Å². The molecule has 0 spiro atoms. The molecule has 0 aliphatic rings. The van der Waals surface area contributed by atoms with Gasteiger partial charge in [-0.25, -0.2) is 0 Å². The molecule has 0 atom stereocenters. The van der Waals surface area contributed by atoms with Crippen molar-refractivity contribution in [1.29, 1.82) is 0 Å². The number of aliphatic imine (C=N–C) groups is 1. The highest BCUT2D eigenvalue weighted by molar-refractivity contribution is 6.31. The van der Waals surface area contributed by atoms with Crippen molar-refractivity contribution < 1.29 is 4.79 Å². The topological polar surface area (TPSA) is 83.3 Å².